The van der Waals surface area contributed by atoms with Gasteiger partial charge in [0.05, 0.1) is 11.8 Å². The molecule has 0 atom stereocenters. The zero-order valence-corrected chi connectivity index (χ0v) is 16.0. The Morgan fingerprint density at radius 2 is 2.00 bits per heavy atom. The molecule has 0 spiro atoms. The fourth-order valence-corrected chi connectivity index (χ4v) is 5.08. The van der Waals surface area contributed by atoms with Crippen LogP contribution in [0.4, 0.5) is 0 Å². The molecule has 6 nitrogen and oxygen atoms in total. The van der Waals surface area contributed by atoms with Crippen LogP contribution in [0.3, 0.4) is 0 Å². The van der Waals surface area contributed by atoms with E-state index in [-0.39, 0.29) is 10.6 Å². The summed E-state index contributed by atoms with van der Waals surface area (Å²) in [7, 11) is -3.84. The van der Waals surface area contributed by atoms with Gasteiger partial charge in [0.25, 0.3) is 0 Å². The molecule has 0 fully saturated rings. The maximum atomic E-state index is 12.8. The van der Waals surface area contributed by atoms with Crippen molar-refractivity contribution in [3.05, 3.63) is 40.5 Å². The lowest BCUT2D eigenvalue weighted by molar-refractivity contribution is 0.112. The predicted molar refractivity (Wildman–Crippen MR) is 95.2 cm³/mol. The first-order valence-corrected chi connectivity index (χ1v) is 9.92. The van der Waals surface area contributed by atoms with E-state index in [0.717, 1.165) is 26.3 Å². The van der Waals surface area contributed by atoms with Crippen molar-refractivity contribution in [2.75, 3.05) is 13.1 Å². The van der Waals surface area contributed by atoms with Gasteiger partial charge >= 0.3 is 10.2 Å². The van der Waals surface area contributed by atoms with Gasteiger partial charge in [0.15, 0.2) is 6.29 Å². The van der Waals surface area contributed by atoms with Gasteiger partial charge in [-0.15, -0.1) is 4.09 Å². The third-order valence-corrected chi connectivity index (χ3v) is 7.20. The summed E-state index contributed by atoms with van der Waals surface area (Å²) >= 11 is 7.28. The summed E-state index contributed by atoms with van der Waals surface area (Å²) in [5, 5.41) is 4.75. The second kappa shape index (κ2) is 7.69. The number of hydrogen-bond acceptors (Lipinski definition) is 5. The molecule has 1 aromatic carbocycles. The topological polar surface area (TPSA) is 72.3 Å². The van der Waals surface area contributed by atoms with Crippen LogP contribution in [0.15, 0.2) is 34.3 Å². The van der Waals surface area contributed by atoms with E-state index in [9.17, 15) is 13.2 Å². The SMILES string of the molecule is CCN(CC)S(=O)(=O)n1ncc(C=O)c1Sc1cccc(Cl)c1C. The summed E-state index contributed by atoms with van der Waals surface area (Å²) in [6.07, 6.45) is 1.86. The summed E-state index contributed by atoms with van der Waals surface area (Å²) in [5.74, 6) is 0. The molecule has 2 rings (SSSR count). The number of halogens is 1. The molecule has 0 aliphatic rings. The zero-order chi connectivity index (χ0) is 17.9. The first-order valence-electron chi connectivity index (χ1n) is 7.33. The largest absolute Gasteiger partial charge is 0.323 e. The van der Waals surface area contributed by atoms with Gasteiger partial charge in [0.1, 0.15) is 5.03 Å². The normalized spacial score (nSPS) is 11.9. The van der Waals surface area contributed by atoms with Crippen molar-refractivity contribution in [1.29, 1.82) is 0 Å². The van der Waals surface area contributed by atoms with Crippen LogP contribution in [0.2, 0.25) is 5.02 Å². The van der Waals surface area contributed by atoms with Gasteiger partial charge in [-0.25, -0.2) is 0 Å². The van der Waals surface area contributed by atoms with Crippen LogP contribution in [-0.4, -0.2) is 41.3 Å². The maximum Gasteiger partial charge on any atom is 0.323 e. The first kappa shape index (κ1) is 19.0. The Morgan fingerprint density at radius 3 is 2.58 bits per heavy atom. The van der Waals surface area contributed by atoms with Crippen LogP contribution in [0.5, 0.6) is 0 Å². The lowest BCUT2D eigenvalue weighted by atomic mass is 10.2. The summed E-state index contributed by atoms with van der Waals surface area (Å²) in [4.78, 5) is 12.1. The minimum atomic E-state index is -3.84. The Kier molecular flexibility index (Phi) is 6.08. The quantitative estimate of drug-likeness (QED) is 0.682. The molecule has 24 heavy (non-hydrogen) atoms. The third kappa shape index (κ3) is 3.51. The van der Waals surface area contributed by atoms with Crippen molar-refractivity contribution >= 4 is 39.9 Å². The molecule has 0 aliphatic heterocycles. The third-order valence-electron chi connectivity index (χ3n) is 3.52. The molecule has 1 heterocycles. The Hall–Kier alpha value is -1.35. The number of hydrogen-bond donors (Lipinski definition) is 0. The summed E-state index contributed by atoms with van der Waals surface area (Å²) in [6, 6.07) is 5.35. The number of benzene rings is 1. The maximum absolute atomic E-state index is 12.8. The van der Waals surface area contributed by atoms with Crippen LogP contribution in [0.25, 0.3) is 0 Å². The predicted octanol–water partition coefficient (Wildman–Crippen LogP) is 3.24. The molecule has 0 saturated heterocycles. The number of aromatic nitrogens is 2. The van der Waals surface area contributed by atoms with Gasteiger partial charge in [-0.3, -0.25) is 4.79 Å². The second-order valence-corrected chi connectivity index (χ2v) is 8.12. The molecule has 0 unspecified atom stereocenters. The molecule has 1 aromatic heterocycles. The molecular weight excluding hydrogens is 370 g/mol. The number of aldehydes is 1. The number of nitrogens with zero attached hydrogens (tertiary/aromatic N) is 3. The van der Waals surface area contributed by atoms with Crippen LogP contribution in [0, 0.1) is 6.92 Å². The Morgan fingerprint density at radius 1 is 1.33 bits per heavy atom. The van der Waals surface area contributed by atoms with Gasteiger partial charge in [0, 0.05) is 23.0 Å². The van der Waals surface area contributed by atoms with E-state index >= 15 is 0 Å². The highest BCUT2D eigenvalue weighted by atomic mass is 35.5. The molecule has 0 radical (unpaired) electrons. The smallest absolute Gasteiger partial charge is 0.298 e. The van der Waals surface area contributed by atoms with Crippen LogP contribution in [-0.2, 0) is 10.2 Å². The fraction of sp³-hybridized carbons (Fsp3) is 0.333. The number of carbonyl (C=O) groups excluding carboxylic acids is 1. The Bertz CT molecular complexity index is 846. The van der Waals surface area contributed by atoms with E-state index in [1.54, 1.807) is 26.0 Å². The zero-order valence-electron chi connectivity index (χ0n) is 13.6. The molecule has 0 N–H and O–H groups in total. The molecule has 130 valence electrons. The van der Waals surface area contributed by atoms with Crippen LogP contribution >= 0.6 is 23.4 Å². The van der Waals surface area contributed by atoms with Gasteiger partial charge in [-0.1, -0.05) is 43.3 Å². The molecule has 0 amide bonds. The van der Waals surface area contributed by atoms with Crippen molar-refractivity contribution in [3.8, 4) is 0 Å². The number of carbonyl (C=O) groups is 1. The van der Waals surface area contributed by atoms with Gasteiger partial charge in [-0.05, 0) is 24.6 Å². The highest BCUT2D eigenvalue weighted by Crippen LogP contribution is 2.35. The van der Waals surface area contributed by atoms with Gasteiger partial charge < -0.3 is 0 Å². The van der Waals surface area contributed by atoms with E-state index in [0.29, 0.717) is 24.4 Å². The Balaban J connectivity index is 2.56. The summed E-state index contributed by atoms with van der Waals surface area (Å²) in [6.45, 7) is 5.97. The fourth-order valence-electron chi connectivity index (χ4n) is 2.14. The number of rotatable bonds is 7. The highest BCUT2D eigenvalue weighted by Gasteiger charge is 2.27. The lowest BCUT2D eigenvalue weighted by Crippen LogP contribution is -2.36. The molecule has 0 aliphatic carbocycles. The van der Waals surface area contributed by atoms with Crippen molar-refractivity contribution in [3.63, 3.8) is 0 Å². The summed E-state index contributed by atoms with van der Waals surface area (Å²) < 4.78 is 27.7. The van der Waals surface area contributed by atoms with Gasteiger partial charge in [0.2, 0.25) is 0 Å². The highest BCUT2D eigenvalue weighted by molar-refractivity contribution is 8.00. The van der Waals surface area contributed by atoms with E-state index in [4.69, 9.17) is 11.6 Å². The van der Waals surface area contributed by atoms with Gasteiger partial charge in [-0.2, -0.15) is 17.8 Å². The molecular formula is C15H18ClN3O3S2. The van der Waals surface area contributed by atoms with Crippen LogP contribution in [0.1, 0.15) is 29.8 Å². The minimum absolute atomic E-state index is 0.218. The van der Waals surface area contributed by atoms with E-state index in [2.05, 4.69) is 5.10 Å². The van der Waals surface area contributed by atoms with Crippen molar-refractivity contribution in [1.82, 2.24) is 13.5 Å². The first-order chi connectivity index (χ1) is 11.4. The van der Waals surface area contributed by atoms with E-state index in [1.807, 2.05) is 13.0 Å². The van der Waals surface area contributed by atoms with Crippen molar-refractivity contribution in [2.45, 2.75) is 30.7 Å². The molecule has 2 aromatic rings. The molecule has 0 saturated carbocycles. The average Bonchev–Trinajstić information content (AvgIpc) is 2.96. The average molecular weight is 388 g/mol. The van der Waals surface area contributed by atoms with Crippen LogP contribution < -0.4 is 0 Å². The van der Waals surface area contributed by atoms with E-state index in [1.165, 1.54) is 10.5 Å². The van der Waals surface area contributed by atoms with Crippen molar-refractivity contribution < 1.29 is 13.2 Å². The van der Waals surface area contributed by atoms with Crippen molar-refractivity contribution in [2.24, 2.45) is 0 Å². The second-order valence-electron chi connectivity index (χ2n) is 4.92. The molecule has 9 heteroatoms. The summed E-state index contributed by atoms with van der Waals surface area (Å²) in [5.41, 5.74) is 1.03. The molecule has 0 bridgehead atoms. The van der Waals surface area contributed by atoms with E-state index < -0.39 is 10.2 Å². The minimum Gasteiger partial charge on any atom is -0.298 e. The monoisotopic (exact) mass is 387 g/mol. The lowest BCUT2D eigenvalue weighted by Gasteiger charge is -2.19. The Labute approximate surface area is 151 Å². The standard InChI is InChI=1S/C15H18ClN3O3S2/c1-4-18(5-2)24(21,22)19-15(12(10-20)9-17-19)23-14-8-6-7-13(16)11(14)3/h6-10H,4-5H2,1-3H3.